The highest BCUT2D eigenvalue weighted by atomic mass is 32.2. The van der Waals surface area contributed by atoms with E-state index in [2.05, 4.69) is 54.3 Å². The first kappa shape index (κ1) is 13.0. The van der Waals surface area contributed by atoms with Crippen LogP contribution in [0.3, 0.4) is 0 Å². The standard InChI is InChI=1S/C15H23NS/c1-2-10-16-15(14-8-9-14)12-17-11-13-6-4-3-5-7-13/h3-7,14-16H,2,8-12H2,1H3. The highest BCUT2D eigenvalue weighted by Crippen LogP contribution is 2.34. The van der Waals surface area contributed by atoms with Crippen molar-refractivity contribution in [1.29, 1.82) is 0 Å². The van der Waals surface area contributed by atoms with Crippen molar-refractivity contribution in [3.63, 3.8) is 0 Å². The van der Waals surface area contributed by atoms with E-state index < -0.39 is 0 Å². The van der Waals surface area contributed by atoms with Crippen LogP contribution in [0.15, 0.2) is 30.3 Å². The van der Waals surface area contributed by atoms with Gasteiger partial charge in [0.25, 0.3) is 0 Å². The quantitative estimate of drug-likeness (QED) is 0.754. The molecular weight excluding hydrogens is 226 g/mol. The minimum Gasteiger partial charge on any atom is -0.313 e. The third-order valence-corrected chi connectivity index (χ3v) is 4.39. The summed E-state index contributed by atoms with van der Waals surface area (Å²) in [5, 5.41) is 3.70. The summed E-state index contributed by atoms with van der Waals surface area (Å²) in [5.74, 6) is 3.38. The lowest BCUT2D eigenvalue weighted by Crippen LogP contribution is -2.33. The van der Waals surface area contributed by atoms with Crippen LogP contribution in [0, 0.1) is 5.92 Å². The van der Waals surface area contributed by atoms with Gasteiger partial charge in [-0.05, 0) is 37.3 Å². The molecule has 1 aliphatic rings. The van der Waals surface area contributed by atoms with Crippen LogP contribution < -0.4 is 5.32 Å². The van der Waals surface area contributed by atoms with Crippen molar-refractivity contribution in [2.24, 2.45) is 5.92 Å². The molecule has 94 valence electrons. The average Bonchev–Trinajstić information content (AvgIpc) is 3.19. The Morgan fingerprint density at radius 1 is 1.29 bits per heavy atom. The second kappa shape index (κ2) is 7.07. The van der Waals surface area contributed by atoms with Crippen molar-refractivity contribution in [2.75, 3.05) is 12.3 Å². The lowest BCUT2D eigenvalue weighted by Gasteiger charge is -2.17. The van der Waals surface area contributed by atoms with Gasteiger partial charge in [0.15, 0.2) is 0 Å². The van der Waals surface area contributed by atoms with Crippen LogP contribution in [-0.4, -0.2) is 18.3 Å². The van der Waals surface area contributed by atoms with E-state index >= 15 is 0 Å². The zero-order valence-corrected chi connectivity index (χ0v) is 11.5. The van der Waals surface area contributed by atoms with Crippen LogP contribution in [0.25, 0.3) is 0 Å². The molecule has 1 nitrogen and oxygen atoms in total. The van der Waals surface area contributed by atoms with Crippen molar-refractivity contribution >= 4 is 11.8 Å². The van der Waals surface area contributed by atoms with Crippen LogP contribution in [0.2, 0.25) is 0 Å². The largest absolute Gasteiger partial charge is 0.313 e. The van der Waals surface area contributed by atoms with Gasteiger partial charge in [-0.15, -0.1) is 0 Å². The predicted octanol–water partition coefficient (Wildman–Crippen LogP) is 3.70. The van der Waals surface area contributed by atoms with E-state index in [1.807, 2.05) is 0 Å². The van der Waals surface area contributed by atoms with E-state index in [0.29, 0.717) is 0 Å². The fraction of sp³-hybridized carbons (Fsp3) is 0.600. The Hall–Kier alpha value is -0.470. The van der Waals surface area contributed by atoms with Crippen molar-refractivity contribution < 1.29 is 0 Å². The summed E-state index contributed by atoms with van der Waals surface area (Å²) in [6.07, 6.45) is 4.12. The second-order valence-corrected chi connectivity index (χ2v) is 5.93. The Morgan fingerprint density at radius 2 is 2.06 bits per heavy atom. The van der Waals surface area contributed by atoms with Gasteiger partial charge < -0.3 is 5.32 Å². The number of rotatable bonds is 8. The molecule has 1 fully saturated rings. The van der Waals surface area contributed by atoms with E-state index in [1.54, 1.807) is 0 Å². The maximum absolute atomic E-state index is 3.70. The zero-order chi connectivity index (χ0) is 11.9. The molecule has 0 aromatic heterocycles. The normalized spacial score (nSPS) is 17.0. The number of hydrogen-bond acceptors (Lipinski definition) is 2. The molecule has 0 amide bonds. The van der Waals surface area contributed by atoms with Gasteiger partial charge >= 0.3 is 0 Å². The van der Waals surface area contributed by atoms with E-state index in [4.69, 9.17) is 0 Å². The minimum atomic E-state index is 0.753. The fourth-order valence-electron chi connectivity index (χ4n) is 2.07. The molecule has 0 spiro atoms. The molecule has 1 atom stereocenters. The van der Waals surface area contributed by atoms with Crippen LogP contribution in [-0.2, 0) is 5.75 Å². The monoisotopic (exact) mass is 249 g/mol. The van der Waals surface area contributed by atoms with Crippen molar-refractivity contribution in [1.82, 2.24) is 5.32 Å². The Morgan fingerprint density at radius 3 is 2.71 bits per heavy atom. The number of benzene rings is 1. The molecule has 1 unspecified atom stereocenters. The van der Waals surface area contributed by atoms with E-state index in [-0.39, 0.29) is 0 Å². The summed E-state index contributed by atoms with van der Waals surface area (Å²) in [6, 6.07) is 11.5. The maximum atomic E-state index is 3.70. The summed E-state index contributed by atoms with van der Waals surface area (Å²) in [6.45, 7) is 3.42. The van der Waals surface area contributed by atoms with Gasteiger partial charge in [0.1, 0.15) is 0 Å². The van der Waals surface area contributed by atoms with Gasteiger partial charge in [-0.3, -0.25) is 0 Å². The Bertz CT molecular complexity index is 308. The molecule has 17 heavy (non-hydrogen) atoms. The van der Waals surface area contributed by atoms with E-state index in [0.717, 1.165) is 17.7 Å². The smallest absolute Gasteiger partial charge is 0.0186 e. The summed E-state index contributed by atoms with van der Waals surface area (Å²) in [5.41, 5.74) is 1.45. The molecule has 0 bridgehead atoms. The molecule has 0 heterocycles. The first-order chi connectivity index (χ1) is 8.40. The highest BCUT2D eigenvalue weighted by Gasteiger charge is 2.30. The van der Waals surface area contributed by atoms with Gasteiger partial charge in [0.2, 0.25) is 0 Å². The van der Waals surface area contributed by atoms with Gasteiger partial charge in [-0.25, -0.2) is 0 Å². The molecule has 1 saturated carbocycles. The van der Waals surface area contributed by atoms with Gasteiger partial charge in [-0.2, -0.15) is 11.8 Å². The van der Waals surface area contributed by atoms with E-state index in [9.17, 15) is 0 Å². The number of nitrogens with one attached hydrogen (secondary N) is 1. The summed E-state index contributed by atoms with van der Waals surface area (Å²) in [4.78, 5) is 0. The molecular formula is C15H23NS. The van der Waals surface area contributed by atoms with Gasteiger partial charge in [-0.1, -0.05) is 37.3 Å². The van der Waals surface area contributed by atoms with Crippen molar-refractivity contribution in [3.05, 3.63) is 35.9 Å². The third kappa shape index (κ3) is 4.72. The third-order valence-electron chi connectivity index (χ3n) is 3.26. The van der Waals surface area contributed by atoms with Crippen LogP contribution in [0.5, 0.6) is 0 Å². The Labute approximate surface area is 109 Å². The molecule has 0 radical (unpaired) electrons. The minimum absolute atomic E-state index is 0.753. The summed E-state index contributed by atoms with van der Waals surface area (Å²) < 4.78 is 0. The van der Waals surface area contributed by atoms with Crippen LogP contribution in [0.4, 0.5) is 0 Å². The topological polar surface area (TPSA) is 12.0 Å². The molecule has 0 saturated heterocycles. The van der Waals surface area contributed by atoms with Crippen molar-refractivity contribution in [3.8, 4) is 0 Å². The second-order valence-electron chi connectivity index (χ2n) is 4.90. The Kier molecular flexibility index (Phi) is 5.40. The van der Waals surface area contributed by atoms with Crippen LogP contribution >= 0.6 is 11.8 Å². The van der Waals surface area contributed by atoms with E-state index in [1.165, 1.54) is 37.1 Å². The van der Waals surface area contributed by atoms with Crippen LogP contribution in [0.1, 0.15) is 31.7 Å². The summed E-state index contributed by atoms with van der Waals surface area (Å²) >= 11 is 2.07. The van der Waals surface area contributed by atoms with Gasteiger partial charge in [0.05, 0.1) is 0 Å². The highest BCUT2D eigenvalue weighted by molar-refractivity contribution is 7.98. The fourth-order valence-corrected chi connectivity index (χ4v) is 3.26. The molecule has 2 rings (SSSR count). The van der Waals surface area contributed by atoms with Gasteiger partial charge in [0, 0.05) is 17.5 Å². The SMILES string of the molecule is CCCNC(CSCc1ccccc1)C1CC1. The number of hydrogen-bond donors (Lipinski definition) is 1. The molecule has 0 aliphatic heterocycles. The maximum Gasteiger partial charge on any atom is 0.0186 e. The predicted molar refractivity (Wildman–Crippen MR) is 77.4 cm³/mol. The first-order valence-corrected chi connectivity index (χ1v) is 7.90. The lowest BCUT2D eigenvalue weighted by molar-refractivity contribution is 0.503. The molecule has 1 aromatic carbocycles. The zero-order valence-electron chi connectivity index (χ0n) is 10.7. The average molecular weight is 249 g/mol. The molecule has 1 aliphatic carbocycles. The molecule has 1 aromatic rings. The first-order valence-electron chi connectivity index (χ1n) is 6.75. The lowest BCUT2D eigenvalue weighted by atomic mass is 10.2. The summed E-state index contributed by atoms with van der Waals surface area (Å²) in [7, 11) is 0. The van der Waals surface area contributed by atoms with Crippen molar-refractivity contribution in [2.45, 2.75) is 38.0 Å². The Balaban J connectivity index is 1.68. The molecule has 1 N–H and O–H groups in total. The number of thioether (sulfide) groups is 1. The molecule has 2 heteroatoms.